The van der Waals surface area contributed by atoms with Crippen molar-refractivity contribution in [2.24, 2.45) is 16.7 Å². The van der Waals surface area contributed by atoms with E-state index in [0.717, 1.165) is 19.3 Å². The summed E-state index contributed by atoms with van der Waals surface area (Å²) in [6, 6.07) is 0. The Morgan fingerprint density at radius 1 is 1.05 bits per heavy atom. The number of nitrogens with one attached hydrogen (secondary N) is 1. The van der Waals surface area contributed by atoms with Crippen molar-refractivity contribution in [3.8, 4) is 0 Å². The zero-order valence-electron chi connectivity index (χ0n) is 12.0. The molecular weight excluding hydrogens is 238 g/mol. The highest BCUT2D eigenvalue weighted by Gasteiger charge is 2.52. The molecule has 0 aromatic rings. The number of hydrogen-bond acceptors (Lipinski definition) is 2. The largest absolute Gasteiger partial charge is 0.296 e. The minimum absolute atomic E-state index is 0.0119. The van der Waals surface area contributed by atoms with Gasteiger partial charge in [-0.05, 0) is 55.8 Å². The third-order valence-electron chi connectivity index (χ3n) is 6.21. The molecule has 1 unspecified atom stereocenters. The third-order valence-corrected chi connectivity index (χ3v) is 6.21. The lowest BCUT2D eigenvalue weighted by atomic mass is 9.55. The van der Waals surface area contributed by atoms with Crippen molar-refractivity contribution in [1.29, 1.82) is 0 Å². The molecule has 106 valence electrons. The van der Waals surface area contributed by atoms with Crippen molar-refractivity contribution in [1.82, 2.24) is 5.32 Å². The van der Waals surface area contributed by atoms with Gasteiger partial charge in [-0.3, -0.25) is 14.9 Å². The van der Waals surface area contributed by atoms with Gasteiger partial charge in [-0.25, -0.2) is 0 Å². The van der Waals surface area contributed by atoms with Gasteiger partial charge >= 0.3 is 0 Å². The highest BCUT2D eigenvalue weighted by atomic mass is 16.2. The molecular formula is C16H25NO2. The monoisotopic (exact) mass is 263 g/mol. The maximum atomic E-state index is 12.1. The van der Waals surface area contributed by atoms with E-state index in [1.807, 2.05) is 0 Å². The Bertz CT molecular complexity index is 386. The second-order valence-electron chi connectivity index (χ2n) is 7.12. The summed E-state index contributed by atoms with van der Waals surface area (Å²) < 4.78 is 0. The van der Waals surface area contributed by atoms with Crippen molar-refractivity contribution in [2.75, 3.05) is 0 Å². The maximum Gasteiger partial charge on any atom is 0.230 e. The molecule has 0 aromatic carbocycles. The molecule has 1 saturated heterocycles. The lowest BCUT2D eigenvalue weighted by molar-refractivity contribution is -0.147. The Balaban J connectivity index is 1.79. The quantitative estimate of drug-likeness (QED) is 0.739. The summed E-state index contributed by atoms with van der Waals surface area (Å²) in [5.41, 5.74) is 0.558. The molecule has 1 N–H and O–H groups in total. The van der Waals surface area contributed by atoms with Gasteiger partial charge in [-0.2, -0.15) is 0 Å². The van der Waals surface area contributed by atoms with E-state index in [0.29, 0.717) is 11.8 Å². The first kappa shape index (κ1) is 13.1. The van der Waals surface area contributed by atoms with E-state index in [1.165, 1.54) is 38.5 Å². The summed E-state index contributed by atoms with van der Waals surface area (Å²) in [6.07, 6.45) is 11.6. The van der Waals surface area contributed by atoms with Crippen molar-refractivity contribution in [3.05, 3.63) is 0 Å². The van der Waals surface area contributed by atoms with Crippen LogP contribution < -0.4 is 5.32 Å². The SMILES string of the molecule is CCC1C(=O)NC(=O)CC12CCC1(CCCC1)CC2. The smallest absolute Gasteiger partial charge is 0.230 e. The van der Waals surface area contributed by atoms with Gasteiger partial charge in [0, 0.05) is 12.3 Å². The molecule has 2 saturated carbocycles. The zero-order chi connectivity index (χ0) is 13.5. The van der Waals surface area contributed by atoms with E-state index in [9.17, 15) is 9.59 Å². The van der Waals surface area contributed by atoms with Crippen molar-refractivity contribution >= 4 is 11.8 Å². The highest BCUT2D eigenvalue weighted by Crippen LogP contribution is 2.58. The zero-order valence-corrected chi connectivity index (χ0v) is 12.0. The van der Waals surface area contributed by atoms with Gasteiger partial charge < -0.3 is 0 Å². The van der Waals surface area contributed by atoms with Gasteiger partial charge in [0.1, 0.15) is 0 Å². The van der Waals surface area contributed by atoms with Gasteiger partial charge in [0.15, 0.2) is 0 Å². The van der Waals surface area contributed by atoms with Crippen molar-refractivity contribution < 1.29 is 9.59 Å². The second kappa shape index (κ2) is 4.60. The van der Waals surface area contributed by atoms with Crippen LogP contribution in [0.5, 0.6) is 0 Å². The normalized spacial score (nSPS) is 32.8. The first-order valence-electron chi connectivity index (χ1n) is 7.93. The van der Waals surface area contributed by atoms with Crippen LogP contribution in [-0.4, -0.2) is 11.8 Å². The van der Waals surface area contributed by atoms with Crippen LogP contribution in [0, 0.1) is 16.7 Å². The van der Waals surface area contributed by atoms with Crippen LogP contribution in [0.15, 0.2) is 0 Å². The van der Waals surface area contributed by atoms with E-state index in [2.05, 4.69) is 12.2 Å². The topological polar surface area (TPSA) is 46.2 Å². The van der Waals surface area contributed by atoms with Gasteiger partial charge in [0.2, 0.25) is 11.8 Å². The molecule has 1 aliphatic heterocycles. The number of carbonyl (C=O) groups excluding carboxylic acids is 2. The number of hydrogen-bond donors (Lipinski definition) is 1. The van der Waals surface area contributed by atoms with Crippen molar-refractivity contribution in [2.45, 2.75) is 71.1 Å². The first-order chi connectivity index (χ1) is 9.09. The molecule has 0 aromatic heterocycles. The minimum Gasteiger partial charge on any atom is -0.296 e. The fourth-order valence-electron chi connectivity index (χ4n) is 5.04. The van der Waals surface area contributed by atoms with E-state index >= 15 is 0 Å². The fraction of sp³-hybridized carbons (Fsp3) is 0.875. The predicted molar refractivity (Wildman–Crippen MR) is 73.3 cm³/mol. The molecule has 1 atom stereocenters. The molecule has 3 nitrogen and oxygen atoms in total. The predicted octanol–water partition coefficient (Wildman–Crippen LogP) is 3.18. The Labute approximate surface area is 115 Å². The summed E-state index contributed by atoms with van der Waals surface area (Å²) >= 11 is 0. The number of amides is 2. The second-order valence-corrected chi connectivity index (χ2v) is 7.12. The first-order valence-corrected chi connectivity index (χ1v) is 7.93. The molecule has 2 amide bonds. The van der Waals surface area contributed by atoms with Crippen LogP contribution in [0.2, 0.25) is 0 Å². The van der Waals surface area contributed by atoms with Crippen LogP contribution in [0.4, 0.5) is 0 Å². The van der Waals surface area contributed by atoms with Gasteiger partial charge in [0.05, 0.1) is 0 Å². The average Bonchev–Trinajstić information content (AvgIpc) is 2.82. The highest BCUT2D eigenvalue weighted by molar-refractivity contribution is 5.99. The van der Waals surface area contributed by atoms with Gasteiger partial charge in [0.25, 0.3) is 0 Å². The summed E-state index contributed by atoms with van der Waals surface area (Å²) in [6.45, 7) is 2.09. The number of imide groups is 1. The van der Waals surface area contributed by atoms with E-state index in [1.54, 1.807) is 0 Å². The number of piperidine rings is 1. The Hall–Kier alpha value is -0.860. The van der Waals surface area contributed by atoms with E-state index in [4.69, 9.17) is 0 Å². The molecule has 3 rings (SSSR count). The van der Waals surface area contributed by atoms with Crippen LogP contribution in [0.3, 0.4) is 0 Å². The molecule has 0 radical (unpaired) electrons. The molecule has 3 heteroatoms. The number of carbonyl (C=O) groups is 2. The van der Waals surface area contributed by atoms with Gasteiger partial charge in [-0.1, -0.05) is 19.8 Å². The lowest BCUT2D eigenvalue weighted by Gasteiger charge is -2.50. The third kappa shape index (κ3) is 2.11. The van der Waals surface area contributed by atoms with Crippen LogP contribution in [-0.2, 0) is 9.59 Å². The van der Waals surface area contributed by atoms with Crippen LogP contribution in [0.25, 0.3) is 0 Å². The van der Waals surface area contributed by atoms with Crippen molar-refractivity contribution in [3.63, 3.8) is 0 Å². The molecule has 1 heterocycles. The Morgan fingerprint density at radius 3 is 2.26 bits per heavy atom. The molecule has 3 fully saturated rings. The lowest BCUT2D eigenvalue weighted by Crippen LogP contribution is -2.53. The fourth-order valence-corrected chi connectivity index (χ4v) is 5.04. The van der Waals surface area contributed by atoms with Crippen LogP contribution in [0.1, 0.15) is 71.1 Å². The maximum absolute atomic E-state index is 12.1. The Kier molecular flexibility index (Phi) is 3.18. The Morgan fingerprint density at radius 2 is 1.68 bits per heavy atom. The standard InChI is InChI=1S/C16H25NO2/c1-2-12-14(19)17-13(18)11-16(12)9-7-15(8-10-16)5-3-4-6-15/h12H,2-11H2,1H3,(H,17,18,19). The van der Waals surface area contributed by atoms with E-state index in [-0.39, 0.29) is 23.1 Å². The average molecular weight is 263 g/mol. The minimum atomic E-state index is -0.0444. The summed E-state index contributed by atoms with van der Waals surface area (Å²) in [5.74, 6) is 0.00199. The van der Waals surface area contributed by atoms with Crippen LogP contribution >= 0.6 is 0 Å². The molecule has 3 aliphatic rings. The summed E-state index contributed by atoms with van der Waals surface area (Å²) in [4.78, 5) is 23.9. The molecule has 0 bridgehead atoms. The van der Waals surface area contributed by atoms with E-state index < -0.39 is 0 Å². The molecule has 2 aliphatic carbocycles. The number of rotatable bonds is 1. The summed E-state index contributed by atoms with van der Waals surface area (Å²) in [7, 11) is 0. The summed E-state index contributed by atoms with van der Waals surface area (Å²) in [5, 5.41) is 2.54. The van der Waals surface area contributed by atoms with Gasteiger partial charge in [-0.15, -0.1) is 0 Å². The molecule has 2 spiro atoms. The molecule has 19 heavy (non-hydrogen) atoms.